The third-order valence-electron chi connectivity index (χ3n) is 5.45. The van der Waals surface area contributed by atoms with Crippen molar-refractivity contribution in [2.75, 3.05) is 27.4 Å². The molecule has 0 unspecified atom stereocenters. The molecule has 1 amide bonds. The van der Waals surface area contributed by atoms with E-state index in [1.165, 1.54) is 0 Å². The quantitative estimate of drug-likeness (QED) is 0.584. The molecule has 1 aromatic heterocycles. The normalized spacial score (nSPS) is 15.5. The molecule has 0 saturated heterocycles. The van der Waals surface area contributed by atoms with Gasteiger partial charge in [-0.3, -0.25) is 9.89 Å². The Kier molecular flexibility index (Phi) is 5.46. The number of phenols is 1. The van der Waals surface area contributed by atoms with Crippen LogP contribution in [0.4, 0.5) is 0 Å². The predicted molar refractivity (Wildman–Crippen MR) is 113 cm³/mol. The molecule has 0 saturated carbocycles. The number of rotatable bonds is 7. The zero-order valence-electron chi connectivity index (χ0n) is 17.3. The molecule has 0 bridgehead atoms. The number of carbonyl (C=O) groups is 1. The first-order chi connectivity index (χ1) is 14.5. The van der Waals surface area contributed by atoms with Crippen LogP contribution < -0.4 is 4.74 Å². The van der Waals surface area contributed by atoms with Crippen LogP contribution in [0.1, 0.15) is 39.6 Å². The summed E-state index contributed by atoms with van der Waals surface area (Å²) >= 11 is 0. The van der Waals surface area contributed by atoms with Crippen LogP contribution in [-0.4, -0.2) is 53.5 Å². The largest absolute Gasteiger partial charge is 0.507 e. The molecule has 2 aromatic carbocycles. The number of hydrogen-bond acceptors (Lipinski definition) is 5. The van der Waals surface area contributed by atoms with Crippen LogP contribution >= 0.6 is 0 Å². The number of fused-ring (bicyclic) bond motifs is 1. The van der Waals surface area contributed by atoms with Gasteiger partial charge < -0.3 is 19.5 Å². The summed E-state index contributed by atoms with van der Waals surface area (Å²) in [5.74, 6) is 0.777. The van der Waals surface area contributed by atoms with Crippen molar-refractivity contribution in [2.24, 2.45) is 0 Å². The Balaban J connectivity index is 1.84. The lowest BCUT2D eigenvalue weighted by Gasteiger charge is -2.26. The second kappa shape index (κ2) is 8.20. The van der Waals surface area contributed by atoms with Crippen molar-refractivity contribution in [3.63, 3.8) is 0 Å². The highest BCUT2D eigenvalue weighted by molar-refractivity contribution is 6.00. The molecular formula is C23H25N3O4. The molecule has 0 aliphatic carbocycles. The number of aryl methyl sites for hydroxylation is 1. The van der Waals surface area contributed by atoms with Gasteiger partial charge in [-0.1, -0.05) is 23.8 Å². The van der Waals surface area contributed by atoms with Gasteiger partial charge in [0.25, 0.3) is 5.91 Å². The van der Waals surface area contributed by atoms with E-state index in [9.17, 15) is 9.90 Å². The Morgan fingerprint density at radius 1 is 1.17 bits per heavy atom. The highest BCUT2D eigenvalue weighted by Crippen LogP contribution is 2.44. The van der Waals surface area contributed by atoms with E-state index in [0.29, 0.717) is 30.1 Å². The van der Waals surface area contributed by atoms with Gasteiger partial charge in [0.15, 0.2) is 0 Å². The number of aromatic amines is 1. The minimum atomic E-state index is -0.316. The van der Waals surface area contributed by atoms with E-state index in [4.69, 9.17) is 9.47 Å². The summed E-state index contributed by atoms with van der Waals surface area (Å²) in [6.45, 7) is 3.07. The van der Waals surface area contributed by atoms with Gasteiger partial charge in [-0.05, 0) is 43.2 Å². The van der Waals surface area contributed by atoms with Gasteiger partial charge >= 0.3 is 0 Å². The summed E-state index contributed by atoms with van der Waals surface area (Å²) in [5.41, 5.74) is 4.40. The molecule has 1 atom stereocenters. The monoisotopic (exact) mass is 407 g/mol. The van der Waals surface area contributed by atoms with Crippen molar-refractivity contribution in [1.29, 1.82) is 0 Å². The maximum atomic E-state index is 13.2. The van der Waals surface area contributed by atoms with Gasteiger partial charge in [-0.25, -0.2) is 0 Å². The summed E-state index contributed by atoms with van der Waals surface area (Å²) < 4.78 is 10.5. The molecule has 0 fully saturated rings. The van der Waals surface area contributed by atoms with Crippen molar-refractivity contribution < 1.29 is 19.4 Å². The molecule has 2 heterocycles. The maximum Gasteiger partial charge on any atom is 0.273 e. The number of nitrogens with one attached hydrogen (secondary N) is 1. The predicted octanol–water partition coefficient (Wildman–Crippen LogP) is 3.68. The molecule has 1 aliphatic rings. The highest BCUT2D eigenvalue weighted by Gasteiger charge is 2.42. The number of H-pyrrole nitrogens is 1. The van der Waals surface area contributed by atoms with Crippen LogP contribution in [0, 0.1) is 6.92 Å². The standard InChI is InChI=1S/C23H25N3O4/c1-14-5-10-18(27)17(13-14)20-19-21(25-24-20)23(28)26(11-4-12-29-2)22(19)15-6-8-16(30-3)9-7-15/h5-10,13,22,27H,4,11-12H2,1-3H3,(H,24,25)/t22-/m0/s1. The van der Waals surface area contributed by atoms with Crippen molar-refractivity contribution >= 4 is 5.91 Å². The zero-order chi connectivity index (χ0) is 21.3. The Labute approximate surface area is 175 Å². The number of hydrogen-bond donors (Lipinski definition) is 2. The SMILES string of the molecule is COCCCN1C(=O)c2[nH]nc(-c3cc(C)ccc3O)c2[C@@H]1c1ccc(OC)cc1. The molecule has 2 N–H and O–H groups in total. The number of benzene rings is 2. The van der Waals surface area contributed by atoms with Crippen molar-refractivity contribution in [3.05, 3.63) is 64.8 Å². The van der Waals surface area contributed by atoms with Crippen molar-refractivity contribution in [3.8, 4) is 22.8 Å². The molecule has 30 heavy (non-hydrogen) atoms. The number of ether oxygens (including phenoxy) is 2. The van der Waals surface area contributed by atoms with E-state index < -0.39 is 0 Å². The molecule has 156 valence electrons. The summed E-state index contributed by atoms with van der Waals surface area (Å²) in [4.78, 5) is 15.1. The van der Waals surface area contributed by atoms with Gasteiger partial charge in [0.05, 0.1) is 13.2 Å². The molecular weight excluding hydrogens is 382 g/mol. The summed E-state index contributed by atoms with van der Waals surface area (Å²) in [6, 6.07) is 12.8. The lowest BCUT2D eigenvalue weighted by molar-refractivity contribution is 0.0723. The first kappa shape index (κ1) is 20.0. The van der Waals surface area contributed by atoms with E-state index in [1.807, 2.05) is 48.2 Å². The smallest absolute Gasteiger partial charge is 0.273 e. The number of phenolic OH excluding ortho intramolecular Hbond substituents is 1. The van der Waals surface area contributed by atoms with Crippen molar-refractivity contribution in [2.45, 2.75) is 19.4 Å². The Morgan fingerprint density at radius 2 is 1.93 bits per heavy atom. The average Bonchev–Trinajstić information content (AvgIpc) is 3.29. The maximum absolute atomic E-state index is 13.2. The van der Waals surface area contributed by atoms with Crippen LogP contribution in [0.3, 0.4) is 0 Å². The molecule has 7 nitrogen and oxygen atoms in total. The summed E-state index contributed by atoms with van der Waals surface area (Å²) in [5, 5.41) is 17.8. The zero-order valence-corrected chi connectivity index (χ0v) is 17.3. The van der Waals surface area contributed by atoms with Crippen LogP contribution in [0.25, 0.3) is 11.3 Å². The second-order valence-corrected chi connectivity index (χ2v) is 7.40. The summed E-state index contributed by atoms with van der Waals surface area (Å²) in [7, 11) is 3.27. The van der Waals surface area contributed by atoms with Gasteiger partial charge in [-0.2, -0.15) is 5.10 Å². The Bertz CT molecular complexity index is 1060. The number of methoxy groups -OCH3 is 2. The van der Waals surface area contributed by atoms with E-state index >= 15 is 0 Å². The van der Waals surface area contributed by atoms with E-state index in [2.05, 4.69) is 10.2 Å². The molecule has 7 heteroatoms. The third kappa shape index (κ3) is 3.41. The fraction of sp³-hybridized carbons (Fsp3) is 0.304. The Hall–Kier alpha value is -3.32. The molecule has 0 radical (unpaired) electrons. The fourth-order valence-electron chi connectivity index (χ4n) is 3.98. The molecule has 3 aromatic rings. The third-order valence-corrected chi connectivity index (χ3v) is 5.45. The molecule has 4 rings (SSSR count). The summed E-state index contributed by atoms with van der Waals surface area (Å²) in [6.07, 6.45) is 0.720. The number of aromatic nitrogens is 2. The van der Waals surface area contributed by atoms with Crippen molar-refractivity contribution in [1.82, 2.24) is 15.1 Å². The van der Waals surface area contributed by atoms with Gasteiger partial charge in [-0.15, -0.1) is 0 Å². The molecule has 0 spiro atoms. The van der Waals surface area contributed by atoms with Crippen LogP contribution in [0.5, 0.6) is 11.5 Å². The minimum Gasteiger partial charge on any atom is -0.507 e. The van der Waals surface area contributed by atoms with E-state index in [-0.39, 0.29) is 17.7 Å². The number of aromatic hydroxyl groups is 1. The first-order valence-electron chi connectivity index (χ1n) is 9.87. The topological polar surface area (TPSA) is 87.7 Å². The van der Waals surface area contributed by atoms with Crippen LogP contribution in [-0.2, 0) is 4.74 Å². The number of carbonyl (C=O) groups excluding carboxylic acids is 1. The fourth-order valence-corrected chi connectivity index (χ4v) is 3.98. The van der Waals surface area contributed by atoms with Gasteiger partial charge in [0, 0.05) is 31.4 Å². The van der Waals surface area contributed by atoms with E-state index in [0.717, 1.165) is 28.9 Å². The number of nitrogens with zero attached hydrogens (tertiary/aromatic N) is 2. The van der Waals surface area contributed by atoms with Crippen LogP contribution in [0.2, 0.25) is 0 Å². The minimum absolute atomic E-state index is 0.104. The highest BCUT2D eigenvalue weighted by atomic mass is 16.5. The second-order valence-electron chi connectivity index (χ2n) is 7.40. The van der Waals surface area contributed by atoms with Gasteiger partial charge in [0.2, 0.25) is 0 Å². The average molecular weight is 407 g/mol. The Morgan fingerprint density at radius 3 is 2.63 bits per heavy atom. The molecule has 1 aliphatic heterocycles. The lowest BCUT2D eigenvalue weighted by Crippen LogP contribution is -2.31. The number of amides is 1. The van der Waals surface area contributed by atoms with Crippen LogP contribution in [0.15, 0.2) is 42.5 Å². The first-order valence-corrected chi connectivity index (χ1v) is 9.87. The van der Waals surface area contributed by atoms with Gasteiger partial charge in [0.1, 0.15) is 22.9 Å². The van der Waals surface area contributed by atoms with E-state index in [1.54, 1.807) is 20.3 Å². The lowest BCUT2D eigenvalue weighted by atomic mass is 9.95.